The van der Waals surface area contributed by atoms with E-state index in [0.717, 1.165) is 32.5 Å². The van der Waals surface area contributed by atoms with Crippen LogP contribution in [0.15, 0.2) is 34.1 Å². The Morgan fingerprint density at radius 3 is 2.14 bits per heavy atom. The van der Waals surface area contributed by atoms with Gasteiger partial charge in [0.2, 0.25) is 0 Å². The second kappa shape index (κ2) is 8.80. The van der Waals surface area contributed by atoms with Gasteiger partial charge in [0.25, 0.3) is 0 Å². The predicted molar refractivity (Wildman–Crippen MR) is 128 cm³/mol. The summed E-state index contributed by atoms with van der Waals surface area (Å²) < 4.78 is 68.4. The van der Waals surface area contributed by atoms with Crippen LogP contribution < -0.4 is 4.18 Å². The summed E-state index contributed by atoms with van der Waals surface area (Å²) in [5.41, 5.74) is 0.875. The van der Waals surface area contributed by atoms with E-state index in [1.54, 1.807) is 0 Å². The van der Waals surface area contributed by atoms with Crippen molar-refractivity contribution < 1.29 is 25.6 Å². The number of hydrogen-bond donors (Lipinski definition) is 0. The minimum absolute atomic E-state index is 0.0623. The van der Waals surface area contributed by atoms with Crippen LogP contribution in [0.2, 0.25) is 0 Å². The van der Waals surface area contributed by atoms with Gasteiger partial charge in [-0.15, -0.1) is 0 Å². The summed E-state index contributed by atoms with van der Waals surface area (Å²) >= 11 is 6.07. The lowest BCUT2D eigenvalue weighted by Gasteiger charge is -2.19. The first-order valence-corrected chi connectivity index (χ1v) is 14.3. The van der Waals surface area contributed by atoms with Crippen molar-refractivity contribution in [1.82, 2.24) is 0 Å². The molecule has 28 heavy (non-hydrogen) atoms. The first-order valence-electron chi connectivity index (χ1n) is 8.20. The van der Waals surface area contributed by atoms with E-state index in [-0.39, 0.29) is 15.5 Å². The summed E-state index contributed by atoms with van der Waals surface area (Å²) in [4.78, 5) is -0.222. The van der Waals surface area contributed by atoms with E-state index < -0.39 is 20.2 Å². The minimum Gasteiger partial charge on any atom is -0.744 e. The monoisotopic (exact) mass is 759 g/mol. The highest BCUT2D eigenvalue weighted by atomic mass is 127. The topological polar surface area (TPSA) is 101 Å². The molecular formula is C17H14I3O6S2-. The Morgan fingerprint density at radius 1 is 0.857 bits per heavy atom. The van der Waals surface area contributed by atoms with Gasteiger partial charge in [-0.25, -0.2) is 8.42 Å². The molecule has 3 rings (SSSR count). The summed E-state index contributed by atoms with van der Waals surface area (Å²) in [7, 11) is -8.78. The zero-order chi connectivity index (χ0) is 20.7. The largest absolute Gasteiger partial charge is 0.744 e. The van der Waals surface area contributed by atoms with E-state index in [1.165, 1.54) is 12.1 Å². The van der Waals surface area contributed by atoms with Crippen molar-refractivity contribution in [2.45, 2.75) is 41.9 Å². The molecule has 152 valence electrons. The number of fused-ring (bicyclic) bond motifs is 1. The standard InChI is InChI=1S/C17H15I3O6S2/c18-10-8-13(19)17(20)16(9-10)28(24,25)26-14-6-7-15(27(21,22)23)12-5-3-1-2-4-11(12)14/h6-9H,1-5H2,(H,21,22,23)/p-1. The average molecular weight is 759 g/mol. The van der Waals surface area contributed by atoms with Crippen molar-refractivity contribution in [2.24, 2.45) is 0 Å². The fraction of sp³-hybridized carbons (Fsp3) is 0.294. The lowest BCUT2D eigenvalue weighted by molar-refractivity contribution is 0.461. The van der Waals surface area contributed by atoms with Crippen LogP contribution in [0.3, 0.4) is 0 Å². The highest BCUT2D eigenvalue weighted by Gasteiger charge is 2.26. The lowest BCUT2D eigenvalue weighted by Crippen LogP contribution is -2.15. The summed E-state index contributed by atoms with van der Waals surface area (Å²) in [6.07, 6.45) is 3.24. The predicted octanol–water partition coefficient (Wildman–Crippen LogP) is 4.44. The van der Waals surface area contributed by atoms with Crippen LogP contribution >= 0.6 is 67.8 Å². The molecule has 0 atom stereocenters. The maximum Gasteiger partial charge on any atom is 0.340 e. The SMILES string of the molecule is O=S(=O)([O-])c1ccc(OS(=O)(=O)c2cc(I)cc(I)c2I)c2c1CCCCC2. The Labute approximate surface area is 205 Å². The first kappa shape index (κ1) is 23.0. The van der Waals surface area contributed by atoms with Crippen molar-refractivity contribution in [3.8, 4) is 5.75 Å². The highest BCUT2D eigenvalue weighted by Crippen LogP contribution is 2.36. The minimum atomic E-state index is -4.65. The molecule has 2 aromatic carbocycles. The van der Waals surface area contributed by atoms with Gasteiger partial charge in [0.05, 0.1) is 4.90 Å². The molecule has 0 aromatic heterocycles. The van der Waals surface area contributed by atoms with Gasteiger partial charge in [0.15, 0.2) is 0 Å². The normalized spacial score (nSPS) is 15.0. The molecule has 0 radical (unpaired) electrons. The molecule has 1 aliphatic carbocycles. The second-order valence-electron chi connectivity index (χ2n) is 6.27. The molecular weight excluding hydrogens is 745 g/mol. The van der Waals surface area contributed by atoms with Gasteiger partial charge in [-0.1, -0.05) is 6.42 Å². The van der Waals surface area contributed by atoms with E-state index in [0.29, 0.717) is 27.5 Å². The number of hydrogen-bond acceptors (Lipinski definition) is 6. The number of benzene rings is 2. The smallest absolute Gasteiger partial charge is 0.340 e. The molecule has 0 spiro atoms. The van der Waals surface area contributed by atoms with Crippen molar-refractivity contribution in [2.75, 3.05) is 0 Å². The van der Waals surface area contributed by atoms with Gasteiger partial charge in [-0.05, 0) is 123 Å². The molecule has 0 aliphatic heterocycles. The fourth-order valence-electron chi connectivity index (χ4n) is 3.17. The molecule has 0 saturated carbocycles. The van der Waals surface area contributed by atoms with Crippen LogP contribution in [0.4, 0.5) is 0 Å². The summed E-state index contributed by atoms with van der Waals surface area (Å²) in [5, 5.41) is 0. The number of halogens is 3. The van der Waals surface area contributed by atoms with Crippen LogP contribution in [-0.2, 0) is 33.1 Å². The van der Waals surface area contributed by atoms with Gasteiger partial charge in [0.1, 0.15) is 20.8 Å². The van der Waals surface area contributed by atoms with E-state index >= 15 is 0 Å². The zero-order valence-electron chi connectivity index (χ0n) is 14.2. The van der Waals surface area contributed by atoms with Gasteiger partial charge < -0.3 is 8.74 Å². The molecule has 0 amide bonds. The van der Waals surface area contributed by atoms with Crippen LogP contribution in [0.1, 0.15) is 30.4 Å². The Hall–Kier alpha value is 0.290. The first-order chi connectivity index (χ1) is 13.0. The molecule has 11 heteroatoms. The van der Waals surface area contributed by atoms with Gasteiger partial charge in [0, 0.05) is 16.3 Å². The average Bonchev–Trinajstić information content (AvgIpc) is 2.83. The summed E-state index contributed by atoms with van der Waals surface area (Å²) in [6, 6.07) is 5.83. The molecule has 1 aliphatic rings. The maximum absolute atomic E-state index is 13.0. The summed E-state index contributed by atoms with van der Waals surface area (Å²) in [5.74, 6) is 0.0916. The lowest BCUT2D eigenvalue weighted by atomic mass is 10.0. The van der Waals surface area contributed by atoms with Crippen LogP contribution in [0.5, 0.6) is 5.75 Å². The molecule has 0 unspecified atom stereocenters. The highest BCUT2D eigenvalue weighted by molar-refractivity contribution is 14.1. The quantitative estimate of drug-likeness (QED) is 0.150. The summed E-state index contributed by atoms with van der Waals surface area (Å²) in [6.45, 7) is 0. The van der Waals surface area contributed by atoms with Gasteiger partial charge in [-0.2, -0.15) is 8.42 Å². The molecule has 0 saturated heterocycles. The number of rotatable bonds is 4. The van der Waals surface area contributed by atoms with Gasteiger partial charge in [-0.3, -0.25) is 0 Å². The molecule has 0 bridgehead atoms. The molecule has 6 nitrogen and oxygen atoms in total. The Morgan fingerprint density at radius 2 is 1.50 bits per heavy atom. The van der Waals surface area contributed by atoms with Crippen LogP contribution in [-0.4, -0.2) is 21.4 Å². The Kier molecular flexibility index (Phi) is 7.22. The van der Waals surface area contributed by atoms with Crippen LogP contribution in [0, 0.1) is 10.7 Å². The zero-order valence-corrected chi connectivity index (χ0v) is 22.4. The van der Waals surface area contributed by atoms with Crippen molar-refractivity contribution in [3.63, 3.8) is 0 Å². The third kappa shape index (κ3) is 4.95. The van der Waals surface area contributed by atoms with E-state index in [1.807, 2.05) is 51.2 Å². The van der Waals surface area contributed by atoms with Crippen molar-refractivity contribution in [1.29, 1.82) is 0 Å². The maximum atomic E-state index is 13.0. The van der Waals surface area contributed by atoms with Crippen molar-refractivity contribution >= 4 is 88.0 Å². The molecule has 0 heterocycles. The second-order valence-corrected chi connectivity index (χ2v) is 12.6. The molecule has 0 N–H and O–H groups in total. The van der Waals surface area contributed by atoms with Crippen molar-refractivity contribution in [3.05, 3.63) is 46.1 Å². The third-order valence-corrected chi connectivity index (χ3v) is 10.6. The third-order valence-electron chi connectivity index (χ3n) is 4.40. The van der Waals surface area contributed by atoms with E-state index in [9.17, 15) is 21.4 Å². The molecule has 2 aromatic rings. The Balaban J connectivity index is 2.13. The van der Waals surface area contributed by atoms with Gasteiger partial charge >= 0.3 is 10.1 Å². The van der Waals surface area contributed by atoms with Crippen LogP contribution in [0.25, 0.3) is 0 Å². The fourth-order valence-corrected chi connectivity index (χ4v) is 8.37. The van der Waals surface area contributed by atoms with E-state index in [4.69, 9.17) is 4.18 Å². The van der Waals surface area contributed by atoms with E-state index in [2.05, 4.69) is 22.6 Å². The molecule has 0 fully saturated rings. The Bertz CT molecular complexity index is 1140.